The lowest BCUT2D eigenvalue weighted by Gasteiger charge is -2.11. The zero-order chi connectivity index (χ0) is 12.7. The van der Waals surface area contributed by atoms with E-state index in [4.69, 9.17) is 4.42 Å². The molecule has 0 aliphatic rings. The number of nitrogens with zero attached hydrogens (tertiary/aromatic N) is 1. The molecule has 1 N–H and O–H groups in total. The van der Waals surface area contributed by atoms with Gasteiger partial charge in [0.25, 0.3) is 0 Å². The zero-order valence-corrected chi connectivity index (χ0v) is 11.2. The fraction of sp³-hybridized carbons (Fsp3) is 0.571. The van der Waals surface area contributed by atoms with Crippen LogP contribution < -0.4 is 5.32 Å². The number of nitrogens with one attached hydrogen (secondary N) is 1. The van der Waals surface area contributed by atoms with E-state index in [0.29, 0.717) is 5.92 Å². The second kappa shape index (κ2) is 7.30. The Hall–Kier alpha value is -1.06. The Morgan fingerprint density at radius 1 is 1.41 bits per heavy atom. The second-order valence-electron chi connectivity index (χ2n) is 4.88. The minimum Gasteiger partial charge on any atom is -0.463 e. The summed E-state index contributed by atoms with van der Waals surface area (Å²) in [6, 6.07) is 4.09. The van der Waals surface area contributed by atoms with Crippen molar-refractivity contribution in [1.82, 2.24) is 10.2 Å². The summed E-state index contributed by atoms with van der Waals surface area (Å²) in [5, 5.41) is 3.37. The monoisotopic (exact) mass is 236 g/mol. The minimum absolute atomic E-state index is 0.670. The average Bonchev–Trinajstić information content (AvgIpc) is 2.65. The van der Waals surface area contributed by atoms with Gasteiger partial charge in [-0.15, -0.1) is 6.58 Å². The van der Waals surface area contributed by atoms with E-state index in [0.717, 1.165) is 37.7 Å². The van der Waals surface area contributed by atoms with Crippen LogP contribution in [0.1, 0.15) is 25.4 Å². The molecule has 0 unspecified atom stereocenters. The van der Waals surface area contributed by atoms with Gasteiger partial charge in [-0.1, -0.05) is 19.9 Å². The Bertz CT molecular complexity index is 331. The number of likely N-dealkylation sites (N-methyl/N-ethyl adjacent to an activating group) is 1. The van der Waals surface area contributed by atoms with Crippen molar-refractivity contribution in [3.05, 3.63) is 36.3 Å². The summed E-state index contributed by atoms with van der Waals surface area (Å²) in [4.78, 5) is 2.16. The summed E-state index contributed by atoms with van der Waals surface area (Å²) in [7, 11) is 2.06. The molecule has 1 heterocycles. The van der Waals surface area contributed by atoms with Crippen molar-refractivity contribution in [3.63, 3.8) is 0 Å². The van der Waals surface area contributed by atoms with Gasteiger partial charge in [0.2, 0.25) is 0 Å². The van der Waals surface area contributed by atoms with E-state index in [1.54, 1.807) is 0 Å². The maximum Gasteiger partial charge on any atom is 0.118 e. The van der Waals surface area contributed by atoms with E-state index in [1.807, 2.05) is 18.2 Å². The molecule has 0 bridgehead atoms. The van der Waals surface area contributed by atoms with Crippen LogP contribution in [0.3, 0.4) is 0 Å². The maximum absolute atomic E-state index is 5.74. The molecule has 3 nitrogen and oxygen atoms in total. The molecule has 0 aliphatic carbocycles. The Labute approximate surface area is 104 Å². The van der Waals surface area contributed by atoms with Crippen LogP contribution in [-0.2, 0) is 13.1 Å². The summed E-state index contributed by atoms with van der Waals surface area (Å²) in [5.41, 5.74) is 0. The first kappa shape index (κ1) is 14.0. The van der Waals surface area contributed by atoms with Crippen LogP contribution in [0.15, 0.2) is 29.2 Å². The molecule has 1 aromatic rings. The lowest BCUT2D eigenvalue weighted by molar-refractivity contribution is 0.314. The van der Waals surface area contributed by atoms with Gasteiger partial charge in [0.15, 0.2) is 0 Å². The fourth-order valence-corrected chi connectivity index (χ4v) is 1.64. The van der Waals surface area contributed by atoms with Gasteiger partial charge in [-0.2, -0.15) is 0 Å². The van der Waals surface area contributed by atoms with Gasteiger partial charge < -0.3 is 9.73 Å². The maximum atomic E-state index is 5.74. The molecule has 0 aliphatic heterocycles. The first-order chi connectivity index (χ1) is 8.11. The normalized spacial score (nSPS) is 11.4. The van der Waals surface area contributed by atoms with Gasteiger partial charge in [0, 0.05) is 6.54 Å². The molecule has 0 amide bonds. The summed E-state index contributed by atoms with van der Waals surface area (Å²) < 4.78 is 5.74. The van der Waals surface area contributed by atoms with Crippen LogP contribution in [0.5, 0.6) is 0 Å². The van der Waals surface area contributed by atoms with E-state index in [1.165, 1.54) is 0 Å². The van der Waals surface area contributed by atoms with E-state index in [2.05, 4.69) is 37.7 Å². The number of hydrogen-bond acceptors (Lipinski definition) is 3. The van der Waals surface area contributed by atoms with Gasteiger partial charge in [0.05, 0.1) is 13.1 Å². The van der Waals surface area contributed by atoms with Gasteiger partial charge in [0.1, 0.15) is 11.5 Å². The topological polar surface area (TPSA) is 28.4 Å². The average molecular weight is 236 g/mol. The van der Waals surface area contributed by atoms with Gasteiger partial charge in [-0.05, 0) is 31.6 Å². The molecule has 3 heteroatoms. The highest BCUT2D eigenvalue weighted by Crippen LogP contribution is 2.09. The van der Waals surface area contributed by atoms with Crippen molar-refractivity contribution < 1.29 is 4.42 Å². The summed E-state index contributed by atoms with van der Waals surface area (Å²) in [6.45, 7) is 11.7. The van der Waals surface area contributed by atoms with Crippen molar-refractivity contribution in [1.29, 1.82) is 0 Å². The number of rotatable bonds is 8. The van der Waals surface area contributed by atoms with Crippen molar-refractivity contribution >= 4 is 0 Å². The lowest BCUT2D eigenvalue weighted by atomic mass is 10.2. The van der Waals surface area contributed by atoms with Gasteiger partial charge >= 0.3 is 0 Å². The molecular weight excluding hydrogens is 212 g/mol. The smallest absolute Gasteiger partial charge is 0.118 e. The van der Waals surface area contributed by atoms with E-state index < -0.39 is 0 Å². The van der Waals surface area contributed by atoms with Crippen LogP contribution in [0.2, 0.25) is 0 Å². The lowest BCUT2D eigenvalue weighted by Crippen LogP contribution is -2.18. The molecule has 0 radical (unpaired) electrons. The highest BCUT2D eigenvalue weighted by Gasteiger charge is 2.04. The summed E-state index contributed by atoms with van der Waals surface area (Å²) >= 11 is 0. The van der Waals surface area contributed by atoms with Crippen LogP contribution >= 0.6 is 0 Å². The third-order valence-electron chi connectivity index (χ3n) is 2.44. The molecular formula is C14H24N2O. The standard InChI is InChI=1S/C14H24N2O/c1-5-8-16(4)11-14-7-6-13(17-14)10-15-9-12(2)3/h5-7,12,15H,1,8-11H2,2-4H3. The van der Waals surface area contributed by atoms with Crippen molar-refractivity contribution in [2.45, 2.75) is 26.9 Å². The molecule has 1 rings (SSSR count). The molecule has 0 fully saturated rings. The second-order valence-corrected chi connectivity index (χ2v) is 4.88. The highest BCUT2D eigenvalue weighted by molar-refractivity contribution is 5.07. The largest absolute Gasteiger partial charge is 0.463 e. The Kier molecular flexibility index (Phi) is 6.01. The summed E-state index contributed by atoms with van der Waals surface area (Å²) in [6.07, 6.45) is 1.90. The zero-order valence-electron chi connectivity index (χ0n) is 11.2. The molecule has 96 valence electrons. The highest BCUT2D eigenvalue weighted by atomic mass is 16.3. The van der Waals surface area contributed by atoms with Crippen LogP contribution in [0.25, 0.3) is 0 Å². The minimum atomic E-state index is 0.670. The third kappa shape index (κ3) is 5.71. The Morgan fingerprint density at radius 2 is 2.12 bits per heavy atom. The first-order valence-corrected chi connectivity index (χ1v) is 6.19. The summed E-state index contributed by atoms with van der Waals surface area (Å²) in [5.74, 6) is 2.69. The van der Waals surface area contributed by atoms with E-state index in [-0.39, 0.29) is 0 Å². The quantitative estimate of drug-likeness (QED) is 0.703. The van der Waals surface area contributed by atoms with Crippen molar-refractivity contribution in [2.24, 2.45) is 5.92 Å². The Balaban J connectivity index is 2.34. The van der Waals surface area contributed by atoms with E-state index in [9.17, 15) is 0 Å². The molecule has 0 atom stereocenters. The van der Waals surface area contributed by atoms with Crippen molar-refractivity contribution in [3.8, 4) is 0 Å². The third-order valence-corrected chi connectivity index (χ3v) is 2.44. The molecule has 0 saturated heterocycles. The molecule has 0 aromatic carbocycles. The molecule has 17 heavy (non-hydrogen) atoms. The molecule has 0 spiro atoms. The first-order valence-electron chi connectivity index (χ1n) is 6.19. The predicted octanol–water partition coefficient (Wildman–Crippen LogP) is 2.64. The van der Waals surface area contributed by atoms with Gasteiger partial charge in [-0.25, -0.2) is 0 Å². The van der Waals surface area contributed by atoms with Crippen LogP contribution in [0.4, 0.5) is 0 Å². The number of hydrogen-bond donors (Lipinski definition) is 1. The van der Waals surface area contributed by atoms with E-state index >= 15 is 0 Å². The SMILES string of the molecule is C=CCN(C)Cc1ccc(CNCC(C)C)o1. The number of furan rings is 1. The Morgan fingerprint density at radius 3 is 2.76 bits per heavy atom. The fourth-order valence-electron chi connectivity index (χ4n) is 1.64. The van der Waals surface area contributed by atoms with Crippen LogP contribution in [-0.4, -0.2) is 25.0 Å². The van der Waals surface area contributed by atoms with Crippen LogP contribution in [0, 0.1) is 5.92 Å². The molecule has 1 aromatic heterocycles. The van der Waals surface area contributed by atoms with Crippen molar-refractivity contribution in [2.75, 3.05) is 20.1 Å². The predicted molar refractivity (Wildman–Crippen MR) is 71.8 cm³/mol. The molecule has 0 saturated carbocycles. The van der Waals surface area contributed by atoms with Gasteiger partial charge in [-0.3, -0.25) is 4.90 Å².